The molecule has 2 aliphatic heterocycles. The number of rotatable bonds is 9. The number of guanidine groups is 1. The molecule has 1 N–H and O–H groups in total. The lowest BCUT2D eigenvalue weighted by molar-refractivity contribution is 0.312. The summed E-state index contributed by atoms with van der Waals surface area (Å²) in [7, 11) is -3.72. The summed E-state index contributed by atoms with van der Waals surface area (Å²) >= 11 is 6.14. The van der Waals surface area contributed by atoms with Crippen molar-refractivity contribution < 1.29 is 8.42 Å². The molecule has 10 heteroatoms. The molecule has 1 unspecified atom stereocenters. The molecule has 0 bridgehead atoms. The van der Waals surface area contributed by atoms with Crippen molar-refractivity contribution in [2.45, 2.75) is 32.6 Å². The van der Waals surface area contributed by atoms with E-state index in [4.69, 9.17) is 21.7 Å². The Labute approximate surface area is 219 Å². The zero-order valence-corrected chi connectivity index (χ0v) is 22.5. The van der Waals surface area contributed by atoms with E-state index in [9.17, 15) is 8.42 Å². The Morgan fingerprint density at radius 1 is 1.08 bits per heavy atom. The van der Waals surface area contributed by atoms with Crippen molar-refractivity contribution in [1.82, 2.24) is 18.9 Å². The molecule has 8 nitrogen and oxygen atoms in total. The molecule has 2 heterocycles. The molecule has 0 aliphatic carbocycles. The quantitative estimate of drug-likeness (QED) is 0.395. The van der Waals surface area contributed by atoms with Crippen LogP contribution in [0.3, 0.4) is 0 Å². The number of halogens is 1. The van der Waals surface area contributed by atoms with Gasteiger partial charge in [-0.25, -0.2) is 14.7 Å². The van der Waals surface area contributed by atoms with Crippen molar-refractivity contribution in [1.29, 1.82) is 0 Å². The van der Waals surface area contributed by atoms with Crippen LogP contribution in [0, 0.1) is 0 Å². The fraction of sp³-hybridized carbons (Fsp3) is 0.462. The summed E-state index contributed by atoms with van der Waals surface area (Å²) in [5.74, 6) is 0.218. The van der Waals surface area contributed by atoms with Crippen LogP contribution in [0.1, 0.15) is 43.7 Å². The molecule has 2 aromatic rings. The van der Waals surface area contributed by atoms with Crippen molar-refractivity contribution in [3.63, 3.8) is 0 Å². The number of hydrazone groups is 1. The highest BCUT2D eigenvalue weighted by Crippen LogP contribution is 2.29. The zero-order chi connectivity index (χ0) is 25.5. The molecule has 0 amide bonds. The zero-order valence-electron chi connectivity index (χ0n) is 21.0. The summed E-state index contributed by atoms with van der Waals surface area (Å²) in [5.41, 5.74) is 2.91. The minimum atomic E-state index is -3.72. The predicted octanol–water partition coefficient (Wildman–Crippen LogP) is 3.77. The first-order chi connectivity index (χ1) is 17.4. The summed E-state index contributed by atoms with van der Waals surface area (Å²) in [5, 5.41) is 7.27. The van der Waals surface area contributed by atoms with E-state index >= 15 is 0 Å². The van der Waals surface area contributed by atoms with Crippen LogP contribution in [0.4, 0.5) is 0 Å². The van der Waals surface area contributed by atoms with E-state index in [1.807, 2.05) is 42.5 Å². The van der Waals surface area contributed by atoms with Gasteiger partial charge in [-0.05, 0) is 49.2 Å². The van der Waals surface area contributed by atoms with E-state index in [1.165, 1.54) is 4.31 Å². The maximum absolute atomic E-state index is 13.2. The number of hydrogen-bond donors (Lipinski definition) is 1. The summed E-state index contributed by atoms with van der Waals surface area (Å²) in [6, 6.07) is 17.7. The first kappa shape index (κ1) is 26.6. The van der Waals surface area contributed by atoms with Gasteiger partial charge in [-0.2, -0.15) is 17.8 Å². The topological polar surface area (TPSA) is 80.6 Å². The Bertz CT molecular complexity index is 1160. The number of nitrogens with one attached hydrogen (secondary N) is 1. The standard InChI is InChI=1S/C26H35ClN6O2S/c1-3-31(4-2)19-16-28-26(30-36(34,35)32-17-8-9-18-32)33-20-24(21-10-6-5-7-11-21)25(29-33)22-12-14-23(27)15-13-22/h5-7,10-15,24H,3-4,8-9,16-20H2,1-2H3,(H,28,30). The highest BCUT2D eigenvalue weighted by molar-refractivity contribution is 7.87. The smallest absolute Gasteiger partial charge is 0.302 e. The van der Waals surface area contributed by atoms with Gasteiger partial charge in [0.1, 0.15) is 0 Å². The number of benzene rings is 2. The van der Waals surface area contributed by atoms with E-state index in [2.05, 4.69) is 35.6 Å². The van der Waals surface area contributed by atoms with Crippen LogP contribution in [0.2, 0.25) is 5.02 Å². The average Bonchev–Trinajstić information content (AvgIpc) is 3.58. The van der Waals surface area contributed by atoms with Crippen LogP contribution in [-0.4, -0.2) is 80.1 Å². The largest absolute Gasteiger partial charge is 0.303 e. The van der Waals surface area contributed by atoms with Gasteiger partial charge < -0.3 is 4.90 Å². The molecule has 0 aromatic heterocycles. The van der Waals surface area contributed by atoms with E-state index in [1.54, 1.807) is 5.01 Å². The average molecular weight is 531 g/mol. The minimum Gasteiger partial charge on any atom is -0.302 e. The first-order valence-electron chi connectivity index (χ1n) is 12.6. The van der Waals surface area contributed by atoms with Gasteiger partial charge in [0, 0.05) is 30.6 Å². The van der Waals surface area contributed by atoms with Gasteiger partial charge in [0.2, 0.25) is 5.96 Å². The van der Waals surface area contributed by atoms with E-state index in [-0.39, 0.29) is 11.9 Å². The van der Waals surface area contributed by atoms with Crippen LogP contribution < -0.4 is 4.72 Å². The number of hydrogen-bond acceptors (Lipinski definition) is 5. The Kier molecular flexibility index (Phi) is 9.00. The first-order valence-corrected chi connectivity index (χ1v) is 14.4. The lowest BCUT2D eigenvalue weighted by atomic mass is 9.91. The van der Waals surface area contributed by atoms with Gasteiger partial charge in [0.05, 0.1) is 18.8 Å². The number of likely N-dealkylation sites (N-methyl/N-ethyl adjacent to an activating group) is 1. The second-order valence-electron chi connectivity index (χ2n) is 8.98. The van der Waals surface area contributed by atoms with Crippen molar-refractivity contribution in [3.8, 4) is 0 Å². The normalized spacial score (nSPS) is 19.2. The minimum absolute atomic E-state index is 0.0448. The molecule has 1 fully saturated rings. The van der Waals surface area contributed by atoms with E-state index in [0.717, 1.165) is 49.3 Å². The van der Waals surface area contributed by atoms with Crippen molar-refractivity contribution in [2.75, 3.05) is 45.8 Å². The second-order valence-corrected chi connectivity index (χ2v) is 11.1. The maximum Gasteiger partial charge on any atom is 0.303 e. The molecule has 2 aliphatic rings. The Morgan fingerprint density at radius 2 is 1.75 bits per heavy atom. The molecular formula is C26H35ClN6O2S. The van der Waals surface area contributed by atoms with Crippen molar-refractivity contribution in [2.24, 2.45) is 10.1 Å². The highest BCUT2D eigenvalue weighted by Gasteiger charge is 2.34. The van der Waals surface area contributed by atoms with Crippen LogP contribution in [0.25, 0.3) is 0 Å². The van der Waals surface area contributed by atoms with Gasteiger partial charge in [-0.3, -0.25) is 0 Å². The Balaban J connectivity index is 1.67. The van der Waals surface area contributed by atoms with Gasteiger partial charge >= 0.3 is 10.2 Å². The van der Waals surface area contributed by atoms with Gasteiger partial charge in [0.25, 0.3) is 0 Å². The molecule has 0 radical (unpaired) electrons. The molecule has 1 saturated heterocycles. The number of nitrogens with zero attached hydrogens (tertiary/aromatic N) is 5. The van der Waals surface area contributed by atoms with Crippen LogP contribution >= 0.6 is 11.6 Å². The maximum atomic E-state index is 13.2. The van der Waals surface area contributed by atoms with Crippen LogP contribution in [0.15, 0.2) is 64.7 Å². The second kappa shape index (κ2) is 12.2. The third-order valence-electron chi connectivity index (χ3n) is 6.70. The number of aliphatic imine (C=N–C) groups is 1. The van der Waals surface area contributed by atoms with Crippen molar-refractivity contribution in [3.05, 3.63) is 70.7 Å². The monoisotopic (exact) mass is 530 g/mol. The lowest BCUT2D eigenvalue weighted by Gasteiger charge is -2.23. The van der Waals surface area contributed by atoms with Crippen LogP contribution in [-0.2, 0) is 10.2 Å². The molecule has 36 heavy (non-hydrogen) atoms. The van der Waals surface area contributed by atoms with Gasteiger partial charge in [-0.1, -0.05) is 67.9 Å². The van der Waals surface area contributed by atoms with Crippen LogP contribution in [0.5, 0.6) is 0 Å². The summed E-state index contributed by atoms with van der Waals surface area (Å²) in [6.45, 7) is 8.79. The molecule has 1 atom stereocenters. The summed E-state index contributed by atoms with van der Waals surface area (Å²) < 4.78 is 30.6. The van der Waals surface area contributed by atoms with Gasteiger partial charge in [-0.15, -0.1) is 0 Å². The van der Waals surface area contributed by atoms with Gasteiger partial charge in [0.15, 0.2) is 0 Å². The summed E-state index contributed by atoms with van der Waals surface area (Å²) in [6.07, 6.45) is 1.74. The van der Waals surface area contributed by atoms with E-state index in [0.29, 0.717) is 31.2 Å². The third kappa shape index (κ3) is 6.45. The Hall–Kier alpha value is -2.46. The SMILES string of the molecule is CCN(CC)CCN=C(NS(=O)(=O)N1CCCC1)N1CC(c2ccccc2)C(c2ccc(Cl)cc2)=N1. The third-order valence-corrected chi connectivity index (χ3v) is 8.44. The highest BCUT2D eigenvalue weighted by atomic mass is 35.5. The fourth-order valence-corrected chi connectivity index (χ4v) is 5.97. The predicted molar refractivity (Wildman–Crippen MR) is 147 cm³/mol. The fourth-order valence-electron chi connectivity index (χ4n) is 4.57. The molecule has 4 rings (SSSR count). The molecule has 0 spiro atoms. The van der Waals surface area contributed by atoms with Crippen molar-refractivity contribution >= 4 is 33.5 Å². The van der Waals surface area contributed by atoms with E-state index < -0.39 is 10.2 Å². The molecule has 2 aromatic carbocycles. The molecular weight excluding hydrogens is 496 g/mol. The molecule has 194 valence electrons. The summed E-state index contributed by atoms with van der Waals surface area (Å²) in [4.78, 5) is 6.98. The molecule has 0 saturated carbocycles. The Morgan fingerprint density at radius 3 is 2.39 bits per heavy atom. The lowest BCUT2D eigenvalue weighted by Crippen LogP contribution is -2.47.